The third-order valence-corrected chi connectivity index (χ3v) is 3.46. The Bertz CT molecular complexity index is 805. The van der Waals surface area contributed by atoms with Crippen LogP contribution in [0.1, 0.15) is 11.1 Å². The molecule has 0 radical (unpaired) electrons. The zero-order valence-corrected chi connectivity index (χ0v) is 12.4. The van der Waals surface area contributed by atoms with Crippen LogP contribution in [-0.2, 0) is 9.53 Å². The Labute approximate surface area is 136 Å². The number of benzene rings is 2. The maximum atomic E-state index is 12.1. The Morgan fingerprint density at radius 3 is 2.65 bits per heavy atom. The number of rotatable bonds is 2. The summed E-state index contributed by atoms with van der Waals surface area (Å²) in [5.41, 5.74) is 2.21. The summed E-state index contributed by atoms with van der Waals surface area (Å²) in [5.74, 6) is -0.665. The second-order valence-corrected chi connectivity index (χ2v) is 5.20. The Kier molecular flexibility index (Phi) is 3.99. The van der Waals surface area contributed by atoms with Crippen LogP contribution in [0.5, 0.6) is 0 Å². The first kappa shape index (κ1) is 15.1. The minimum Gasteiger partial charge on any atom is -0.450 e. The van der Waals surface area contributed by atoms with Crippen LogP contribution in [0.15, 0.2) is 53.5 Å². The zero-order valence-electron chi connectivity index (χ0n) is 11.7. The lowest BCUT2D eigenvalue weighted by atomic mass is 10.0. The number of carbonyl (C=O) groups excluding carboxylic acids is 1. The Balaban J connectivity index is 2.18. The van der Waals surface area contributed by atoms with Gasteiger partial charge in [0.25, 0.3) is 12.1 Å². The maximum Gasteiger partial charge on any atom is 0.508 e. The Morgan fingerprint density at radius 1 is 1.22 bits per heavy atom. The van der Waals surface area contributed by atoms with Gasteiger partial charge in [0.2, 0.25) is 0 Å². The molecule has 0 bridgehead atoms. The van der Waals surface area contributed by atoms with Crippen molar-refractivity contribution >= 4 is 35.1 Å². The summed E-state index contributed by atoms with van der Waals surface area (Å²) in [6, 6.07) is 14.0. The smallest absolute Gasteiger partial charge is 0.450 e. The van der Waals surface area contributed by atoms with E-state index in [1.165, 1.54) is 0 Å². The second-order valence-electron chi connectivity index (χ2n) is 4.76. The molecule has 2 aromatic rings. The molecule has 0 fully saturated rings. The van der Waals surface area contributed by atoms with E-state index < -0.39 is 18.3 Å². The number of carboxylic acid groups (broad SMARTS) is 1. The van der Waals surface area contributed by atoms with E-state index in [2.05, 4.69) is 15.0 Å². The van der Waals surface area contributed by atoms with Crippen molar-refractivity contribution in [3.63, 3.8) is 0 Å². The molecule has 2 N–H and O–H groups in total. The molecule has 2 aromatic carbocycles. The molecule has 0 aromatic heterocycles. The van der Waals surface area contributed by atoms with Crippen LogP contribution in [0.3, 0.4) is 0 Å². The number of anilines is 1. The monoisotopic (exact) mass is 330 g/mol. The molecule has 116 valence electrons. The normalized spacial score (nSPS) is 16.7. The van der Waals surface area contributed by atoms with Gasteiger partial charge in [0.05, 0.1) is 11.4 Å². The van der Waals surface area contributed by atoms with Gasteiger partial charge >= 0.3 is 6.16 Å². The van der Waals surface area contributed by atoms with Crippen LogP contribution in [0.4, 0.5) is 10.5 Å². The highest BCUT2D eigenvalue weighted by molar-refractivity contribution is 6.32. The number of fused-ring (bicyclic) bond motifs is 1. The van der Waals surface area contributed by atoms with Crippen molar-refractivity contribution in [2.24, 2.45) is 4.99 Å². The molecule has 7 heteroatoms. The first-order valence-electron chi connectivity index (χ1n) is 6.68. The first-order chi connectivity index (χ1) is 11.0. The number of nitrogens with one attached hydrogen (secondary N) is 1. The van der Waals surface area contributed by atoms with E-state index in [-0.39, 0.29) is 0 Å². The van der Waals surface area contributed by atoms with Crippen LogP contribution < -0.4 is 5.32 Å². The number of amides is 1. The van der Waals surface area contributed by atoms with Crippen molar-refractivity contribution in [2.75, 3.05) is 5.32 Å². The van der Waals surface area contributed by atoms with Crippen LogP contribution >= 0.6 is 11.6 Å². The SMILES string of the molecule is O=C(O)OC1N=C(c2ccccc2)c2cc(Cl)ccc2NC1=O. The quantitative estimate of drug-likeness (QED) is 0.828. The number of carbonyl (C=O) groups is 2. The number of aliphatic imine (C=N–C) groups is 1. The molecular weight excluding hydrogens is 320 g/mol. The third-order valence-electron chi connectivity index (χ3n) is 3.22. The first-order valence-corrected chi connectivity index (χ1v) is 7.06. The molecular formula is C16H11ClN2O4. The summed E-state index contributed by atoms with van der Waals surface area (Å²) in [7, 11) is 0. The number of nitrogens with zero attached hydrogens (tertiary/aromatic N) is 1. The summed E-state index contributed by atoms with van der Waals surface area (Å²) in [6.45, 7) is 0. The molecule has 0 aliphatic carbocycles. The van der Waals surface area contributed by atoms with Crippen LogP contribution in [-0.4, -0.2) is 29.1 Å². The molecule has 3 rings (SSSR count). The molecule has 0 spiro atoms. The number of ether oxygens (including phenoxy) is 1. The number of benzodiazepines with no additional fused rings is 1. The third kappa shape index (κ3) is 3.17. The van der Waals surface area contributed by atoms with Gasteiger partial charge in [-0.3, -0.25) is 4.79 Å². The van der Waals surface area contributed by atoms with E-state index in [0.29, 0.717) is 27.5 Å². The average Bonchev–Trinajstić information content (AvgIpc) is 2.65. The minimum atomic E-state index is -1.58. The van der Waals surface area contributed by atoms with E-state index in [9.17, 15) is 9.59 Å². The highest BCUT2D eigenvalue weighted by atomic mass is 35.5. The van der Waals surface area contributed by atoms with Gasteiger partial charge in [-0.15, -0.1) is 0 Å². The lowest BCUT2D eigenvalue weighted by Crippen LogP contribution is -2.30. The summed E-state index contributed by atoms with van der Waals surface area (Å²) in [4.78, 5) is 27.1. The molecule has 1 atom stereocenters. The van der Waals surface area contributed by atoms with E-state index in [1.54, 1.807) is 30.3 Å². The minimum absolute atomic E-state index is 0.424. The fraction of sp³-hybridized carbons (Fsp3) is 0.0625. The topological polar surface area (TPSA) is 88.0 Å². The molecule has 1 aliphatic heterocycles. The van der Waals surface area contributed by atoms with E-state index in [0.717, 1.165) is 0 Å². The molecule has 0 saturated carbocycles. The highest BCUT2D eigenvalue weighted by Gasteiger charge is 2.28. The molecule has 1 heterocycles. The van der Waals surface area contributed by atoms with Crippen molar-refractivity contribution < 1.29 is 19.4 Å². The van der Waals surface area contributed by atoms with E-state index in [4.69, 9.17) is 16.7 Å². The number of halogens is 1. The standard InChI is InChI=1S/C16H11ClN2O4/c17-10-6-7-12-11(8-10)13(9-4-2-1-3-5-9)19-15(14(20)18-12)23-16(21)22/h1-8,15H,(H,18,20)(H,21,22). The Hall–Kier alpha value is -2.86. The lowest BCUT2D eigenvalue weighted by molar-refractivity contribution is -0.124. The van der Waals surface area contributed by atoms with Gasteiger partial charge in [0.15, 0.2) is 0 Å². The molecule has 1 unspecified atom stereocenters. The van der Waals surface area contributed by atoms with Gasteiger partial charge in [-0.25, -0.2) is 9.79 Å². The van der Waals surface area contributed by atoms with Crippen molar-refractivity contribution in [1.82, 2.24) is 0 Å². The second kappa shape index (κ2) is 6.10. The van der Waals surface area contributed by atoms with Crippen molar-refractivity contribution in [1.29, 1.82) is 0 Å². The van der Waals surface area contributed by atoms with Gasteiger partial charge in [0.1, 0.15) is 0 Å². The summed E-state index contributed by atoms with van der Waals surface area (Å²) < 4.78 is 4.58. The fourth-order valence-electron chi connectivity index (χ4n) is 2.26. The van der Waals surface area contributed by atoms with Crippen molar-refractivity contribution in [2.45, 2.75) is 6.23 Å². The van der Waals surface area contributed by atoms with E-state index in [1.807, 2.05) is 18.2 Å². The summed E-state index contributed by atoms with van der Waals surface area (Å²) >= 11 is 6.05. The van der Waals surface area contributed by atoms with Gasteiger partial charge < -0.3 is 15.2 Å². The maximum absolute atomic E-state index is 12.1. The van der Waals surface area contributed by atoms with Crippen LogP contribution in [0.25, 0.3) is 0 Å². The predicted octanol–water partition coefficient (Wildman–Crippen LogP) is 3.15. The molecule has 0 saturated heterocycles. The average molecular weight is 331 g/mol. The van der Waals surface area contributed by atoms with Crippen LogP contribution in [0.2, 0.25) is 5.02 Å². The Morgan fingerprint density at radius 2 is 1.96 bits per heavy atom. The highest BCUT2D eigenvalue weighted by Crippen LogP contribution is 2.27. The summed E-state index contributed by atoms with van der Waals surface area (Å²) in [5, 5.41) is 11.9. The van der Waals surface area contributed by atoms with Crippen molar-refractivity contribution in [3.8, 4) is 0 Å². The van der Waals surface area contributed by atoms with Gasteiger partial charge in [-0.2, -0.15) is 0 Å². The number of hydrogen-bond donors (Lipinski definition) is 2. The van der Waals surface area contributed by atoms with Crippen LogP contribution in [0, 0.1) is 0 Å². The lowest BCUT2D eigenvalue weighted by Gasteiger charge is -2.10. The predicted molar refractivity (Wildman–Crippen MR) is 85.1 cm³/mol. The molecule has 6 nitrogen and oxygen atoms in total. The molecule has 23 heavy (non-hydrogen) atoms. The largest absolute Gasteiger partial charge is 0.508 e. The number of hydrogen-bond acceptors (Lipinski definition) is 4. The molecule has 1 aliphatic rings. The zero-order chi connectivity index (χ0) is 16.4. The fourth-order valence-corrected chi connectivity index (χ4v) is 2.43. The van der Waals surface area contributed by atoms with Crippen molar-refractivity contribution in [3.05, 3.63) is 64.7 Å². The van der Waals surface area contributed by atoms with Gasteiger partial charge in [-0.1, -0.05) is 41.9 Å². The summed E-state index contributed by atoms with van der Waals surface area (Å²) in [6.07, 6.45) is -3.07. The molecule has 1 amide bonds. The van der Waals surface area contributed by atoms with Gasteiger partial charge in [-0.05, 0) is 18.2 Å². The van der Waals surface area contributed by atoms with Gasteiger partial charge in [0, 0.05) is 16.1 Å². The van der Waals surface area contributed by atoms with E-state index >= 15 is 0 Å².